The molecule has 4 rings (SSSR count). The number of allylic oxidation sites excluding steroid dienone is 5. The van der Waals surface area contributed by atoms with Gasteiger partial charge in [0, 0.05) is 17.7 Å². The van der Waals surface area contributed by atoms with Crippen LogP contribution in [0.4, 0.5) is 0 Å². The van der Waals surface area contributed by atoms with E-state index in [1.165, 1.54) is 71.2 Å². The first kappa shape index (κ1) is 37.2. The van der Waals surface area contributed by atoms with Crippen molar-refractivity contribution in [2.45, 2.75) is 132 Å². The molecule has 0 aromatic heterocycles. The van der Waals surface area contributed by atoms with E-state index >= 15 is 0 Å². The van der Waals surface area contributed by atoms with Crippen LogP contribution in [0.1, 0.15) is 122 Å². The molecule has 1 heteroatoms. The Kier molecular flexibility index (Phi) is 16.5. The van der Waals surface area contributed by atoms with Crippen molar-refractivity contribution in [3.8, 4) is 12.3 Å². The van der Waals surface area contributed by atoms with E-state index < -0.39 is 0 Å². The second-order valence-corrected chi connectivity index (χ2v) is 13.4. The van der Waals surface area contributed by atoms with Crippen molar-refractivity contribution >= 4 is 5.57 Å². The lowest BCUT2D eigenvalue weighted by atomic mass is 9.83. The van der Waals surface area contributed by atoms with E-state index in [2.05, 4.69) is 134 Å². The third-order valence-corrected chi connectivity index (χ3v) is 7.93. The van der Waals surface area contributed by atoms with Gasteiger partial charge in [-0.2, -0.15) is 0 Å². The Morgan fingerprint density at radius 2 is 1.62 bits per heavy atom. The molecule has 0 bridgehead atoms. The van der Waals surface area contributed by atoms with Gasteiger partial charge in [0.25, 0.3) is 0 Å². The molecule has 1 heterocycles. The SMILES string of the molecule is C#CC1=CC(c2ccc(C)cc2)=CCC1.C=C(C)C.CCC(C)N1CCCC1CC.Cc1ccc(C)c(C(C)(C)C)c1. The lowest BCUT2D eigenvalue weighted by Crippen LogP contribution is -2.36. The summed E-state index contributed by atoms with van der Waals surface area (Å²) in [4.78, 5) is 2.68. The number of likely N-dealkylation sites (tertiary alicyclic amines) is 1. The highest BCUT2D eigenvalue weighted by Gasteiger charge is 2.25. The number of nitrogens with zero attached hydrogens (tertiary/aromatic N) is 1. The molecule has 1 fully saturated rings. The molecule has 1 nitrogen and oxygen atoms in total. The van der Waals surface area contributed by atoms with Crippen molar-refractivity contribution in [2.75, 3.05) is 6.54 Å². The highest BCUT2D eigenvalue weighted by atomic mass is 15.2. The summed E-state index contributed by atoms with van der Waals surface area (Å²) >= 11 is 0. The van der Waals surface area contributed by atoms with E-state index in [0.29, 0.717) is 0 Å². The van der Waals surface area contributed by atoms with Crippen LogP contribution in [0.25, 0.3) is 5.57 Å². The molecular formula is C41H61N. The van der Waals surface area contributed by atoms with Gasteiger partial charge < -0.3 is 0 Å². The van der Waals surface area contributed by atoms with Gasteiger partial charge in [0.1, 0.15) is 0 Å². The van der Waals surface area contributed by atoms with Gasteiger partial charge in [-0.25, -0.2) is 0 Å². The van der Waals surface area contributed by atoms with E-state index in [1.54, 1.807) is 0 Å². The third-order valence-electron chi connectivity index (χ3n) is 7.93. The number of rotatable bonds is 4. The fourth-order valence-electron chi connectivity index (χ4n) is 5.42. The van der Waals surface area contributed by atoms with Gasteiger partial charge in [0.05, 0.1) is 0 Å². The summed E-state index contributed by atoms with van der Waals surface area (Å²) in [6.07, 6.45) is 17.3. The standard InChI is InChI=1S/C15H14.C12H18.C10H21N.C4H8/c1-3-13-5-4-6-15(11-13)14-9-7-12(2)8-10-14;1-9-6-7-10(2)11(8-9)12(3,4)5;1-4-9(3)11-8-6-7-10(11)5-2;1-4(2)3/h1,6-11H,4-5H2,2H3;6-8H,1-5H3;9-10H,4-8H2,1-3H3;1H2,2-3H3. The van der Waals surface area contributed by atoms with Crippen LogP contribution in [0.15, 0.2) is 72.3 Å². The number of aryl methyl sites for hydroxylation is 3. The van der Waals surface area contributed by atoms with Crippen molar-refractivity contribution < 1.29 is 0 Å². The van der Waals surface area contributed by atoms with Crippen LogP contribution in [0.2, 0.25) is 0 Å². The fraction of sp³-hybridized carbons (Fsp3) is 0.512. The summed E-state index contributed by atoms with van der Waals surface area (Å²) in [5.74, 6) is 2.74. The Morgan fingerprint density at radius 1 is 1.02 bits per heavy atom. The molecule has 2 aromatic carbocycles. The minimum Gasteiger partial charge on any atom is -0.298 e. The summed E-state index contributed by atoms with van der Waals surface area (Å²) < 4.78 is 0. The molecule has 2 atom stereocenters. The Balaban J connectivity index is 0.000000300. The van der Waals surface area contributed by atoms with Crippen molar-refractivity contribution in [1.82, 2.24) is 4.90 Å². The van der Waals surface area contributed by atoms with E-state index in [4.69, 9.17) is 6.42 Å². The second-order valence-electron chi connectivity index (χ2n) is 13.4. The average molecular weight is 568 g/mol. The minimum atomic E-state index is 0.274. The summed E-state index contributed by atoms with van der Waals surface area (Å²) in [5, 5.41) is 0. The summed E-state index contributed by atoms with van der Waals surface area (Å²) in [6, 6.07) is 16.9. The van der Waals surface area contributed by atoms with E-state index in [1.807, 2.05) is 13.8 Å². The first-order valence-electron chi connectivity index (χ1n) is 16.1. The van der Waals surface area contributed by atoms with Gasteiger partial charge in [-0.1, -0.05) is 106 Å². The van der Waals surface area contributed by atoms with Crippen molar-refractivity contribution in [3.05, 3.63) is 100 Å². The molecule has 0 spiro atoms. The number of hydrogen-bond acceptors (Lipinski definition) is 1. The molecule has 0 saturated carbocycles. The maximum Gasteiger partial charge on any atom is 0.00959 e. The van der Waals surface area contributed by atoms with E-state index in [9.17, 15) is 0 Å². The molecular weight excluding hydrogens is 506 g/mol. The molecule has 1 aliphatic carbocycles. The van der Waals surface area contributed by atoms with Gasteiger partial charge >= 0.3 is 0 Å². The zero-order valence-electron chi connectivity index (χ0n) is 29.0. The number of hydrogen-bond donors (Lipinski definition) is 0. The predicted molar refractivity (Wildman–Crippen MR) is 190 cm³/mol. The van der Waals surface area contributed by atoms with Crippen LogP contribution in [0.5, 0.6) is 0 Å². The first-order chi connectivity index (χ1) is 19.7. The Bertz CT molecular complexity index is 1190. The average Bonchev–Trinajstić information content (AvgIpc) is 3.43. The maximum absolute atomic E-state index is 5.42. The third kappa shape index (κ3) is 13.4. The van der Waals surface area contributed by atoms with Crippen LogP contribution >= 0.6 is 0 Å². The smallest absolute Gasteiger partial charge is 0.00959 e. The zero-order chi connectivity index (χ0) is 31.9. The largest absolute Gasteiger partial charge is 0.298 e. The van der Waals surface area contributed by atoms with Crippen LogP contribution in [-0.2, 0) is 5.41 Å². The van der Waals surface area contributed by atoms with Crippen molar-refractivity contribution in [2.24, 2.45) is 0 Å². The van der Waals surface area contributed by atoms with Crippen LogP contribution in [-0.4, -0.2) is 23.5 Å². The predicted octanol–water partition coefficient (Wildman–Crippen LogP) is 11.6. The molecule has 2 aliphatic rings. The molecule has 1 saturated heterocycles. The molecule has 2 unspecified atom stereocenters. The molecule has 42 heavy (non-hydrogen) atoms. The summed E-state index contributed by atoms with van der Waals surface area (Å²) in [5.41, 5.74) is 10.6. The topological polar surface area (TPSA) is 3.24 Å². The normalized spacial score (nSPS) is 17.0. The summed E-state index contributed by atoms with van der Waals surface area (Å²) in [7, 11) is 0. The Labute approximate surface area is 261 Å². The van der Waals surface area contributed by atoms with Crippen LogP contribution in [0.3, 0.4) is 0 Å². The molecule has 0 amide bonds. The van der Waals surface area contributed by atoms with Gasteiger partial charge in [0.15, 0.2) is 0 Å². The van der Waals surface area contributed by atoms with Gasteiger partial charge in [-0.05, 0) is 120 Å². The molecule has 2 aromatic rings. The quantitative estimate of drug-likeness (QED) is 0.262. The highest BCUT2D eigenvalue weighted by molar-refractivity contribution is 5.76. The maximum atomic E-state index is 5.42. The van der Waals surface area contributed by atoms with Crippen LogP contribution < -0.4 is 0 Å². The Morgan fingerprint density at radius 3 is 2.12 bits per heavy atom. The second kappa shape index (κ2) is 18.7. The zero-order valence-corrected chi connectivity index (χ0v) is 29.0. The minimum absolute atomic E-state index is 0.274. The monoisotopic (exact) mass is 567 g/mol. The van der Waals surface area contributed by atoms with Gasteiger partial charge in [-0.3, -0.25) is 4.90 Å². The van der Waals surface area contributed by atoms with Gasteiger partial charge in [0.2, 0.25) is 0 Å². The fourth-order valence-corrected chi connectivity index (χ4v) is 5.42. The molecule has 1 aliphatic heterocycles. The first-order valence-corrected chi connectivity index (χ1v) is 16.1. The van der Waals surface area contributed by atoms with E-state index in [-0.39, 0.29) is 5.41 Å². The lowest BCUT2D eigenvalue weighted by molar-refractivity contribution is 0.183. The summed E-state index contributed by atoms with van der Waals surface area (Å²) in [6.45, 7) is 29.0. The molecule has 230 valence electrons. The number of benzene rings is 2. The molecule has 0 radical (unpaired) electrons. The number of terminal acetylenes is 1. The van der Waals surface area contributed by atoms with Crippen molar-refractivity contribution in [3.63, 3.8) is 0 Å². The lowest BCUT2D eigenvalue weighted by Gasteiger charge is -2.29. The van der Waals surface area contributed by atoms with Gasteiger partial charge in [-0.15, -0.1) is 13.0 Å². The van der Waals surface area contributed by atoms with Crippen molar-refractivity contribution in [1.29, 1.82) is 0 Å². The van der Waals surface area contributed by atoms with E-state index in [0.717, 1.165) is 30.5 Å². The molecule has 0 N–H and O–H groups in total. The highest BCUT2D eigenvalue weighted by Crippen LogP contribution is 2.27. The Hall–Kier alpha value is -2.82. The van der Waals surface area contributed by atoms with Crippen LogP contribution in [0, 0.1) is 33.1 Å².